The molecule has 0 aromatic heterocycles. The van der Waals surface area contributed by atoms with Crippen LogP contribution in [0.15, 0.2) is 0 Å². The van der Waals surface area contributed by atoms with E-state index in [-0.39, 0.29) is 0 Å². The van der Waals surface area contributed by atoms with Gasteiger partial charge in [0.2, 0.25) is 0 Å². The Kier molecular flexibility index (Phi) is 3.79. The number of aliphatic hydroxyl groups excluding tert-OH is 1. The second kappa shape index (κ2) is 5.10. The van der Waals surface area contributed by atoms with Gasteiger partial charge in [-0.15, -0.1) is 0 Å². The van der Waals surface area contributed by atoms with E-state index in [1.165, 1.54) is 19.3 Å². The fraction of sp³-hybridized carbons (Fsp3) is 1.00. The van der Waals surface area contributed by atoms with Crippen molar-refractivity contribution in [3.8, 4) is 0 Å². The second-order valence-corrected chi connectivity index (χ2v) is 4.37. The highest BCUT2D eigenvalue weighted by Crippen LogP contribution is 2.29. The molecule has 0 aromatic carbocycles. The van der Waals surface area contributed by atoms with E-state index < -0.39 is 0 Å². The quantitative estimate of drug-likeness (QED) is 0.686. The van der Waals surface area contributed by atoms with Gasteiger partial charge in [0.1, 0.15) is 0 Å². The Balaban J connectivity index is 1.78. The SMILES string of the molecule is OCCCCN1CCOC2CCCC21. The van der Waals surface area contributed by atoms with Crippen LogP contribution in [0.1, 0.15) is 32.1 Å². The van der Waals surface area contributed by atoms with Crippen LogP contribution in [0, 0.1) is 0 Å². The van der Waals surface area contributed by atoms with E-state index in [1.807, 2.05) is 0 Å². The van der Waals surface area contributed by atoms with Crippen LogP contribution in [0.25, 0.3) is 0 Å². The average Bonchev–Trinajstić information content (AvgIpc) is 2.67. The van der Waals surface area contributed by atoms with Gasteiger partial charge in [-0.25, -0.2) is 0 Å². The topological polar surface area (TPSA) is 32.7 Å². The van der Waals surface area contributed by atoms with Gasteiger partial charge in [0.15, 0.2) is 0 Å². The molecular weight excluding hydrogens is 178 g/mol. The van der Waals surface area contributed by atoms with Gasteiger partial charge < -0.3 is 9.84 Å². The van der Waals surface area contributed by atoms with Crippen molar-refractivity contribution in [3.63, 3.8) is 0 Å². The first kappa shape index (κ1) is 10.4. The lowest BCUT2D eigenvalue weighted by Gasteiger charge is -2.37. The maximum atomic E-state index is 8.74. The number of fused-ring (bicyclic) bond motifs is 1. The van der Waals surface area contributed by atoms with Crippen molar-refractivity contribution in [1.82, 2.24) is 4.90 Å². The predicted molar refractivity (Wildman–Crippen MR) is 55.3 cm³/mol. The molecule has 1 heterocycles. The standard InChI is InChI=1S/C11H21NO2/c13-8-2-1-6-12-7-9-14-11-5-3-4-10(11)12/h10-11,13H,1-9H2. The zero-order valence-corrected chi connectivity index (χ0v) is 8.82. The normalized spacial score (nSPS) is 33.2. The molecule has 1 aliphatic carbocycles. The van der Waals surface area contributed by atoms with Gasteiger partial charge in [-0.2, -0.15) is 0 Å². The minimum Gasteiger partial charge on any atom is -0.396 e. The smallest absolute Gasteiger partial charge is 0.0730 e. The maximum Gasteiger partial charge on any atom is 0.0730 e. The molecule has 3 nitrogen and oxygen atoms in total. The number of hydrogen-bond donors (Lipinski definition) is 1. The molecule has 2 unspecified atom stereocenters. The Morgan fingerprint density at radius 2 is 2.21 bits per heavy atom. The molecule has 0 bridgehead atoms. The first-order chi connectivity index (χ1) is 6.92. The fourth-order valence-corrected chi connectivity index (χ4v) is 2.71. The molecule has 0 spiro atoms. The molecule has 1 N–H and O–H groups in total. The van der Waals surface area contributed by atoms with E-state index in [1.54, 1.807) is 0 Å². The summed E-state index contributed by atoms with van der Waals surface area (Å²) >= 11 is 0. The van der Waals surface area contributed by atoms with Crippen LogP contribution >= 0.6 is 0 Å². The Morgan fingerprint density at radius 3 is 3.07 bits per heavy atom. The molecule has 0 amide bonds. The minimum atomic E-state index is 0.332. The first-order valence-electron chi connectivity index (χ1n) is 5.88. The number of unbranched alkanes of at least 4 members (excludes halogenated alkanes) is 1. The lowest BCUT2D eigenvalue weighted by molar-refractivity contribution is -0.0560. The van der Waals surface area contributed by atoms with Gasteiger partial charge in [0.05, 0.1) is 12.7 Å². The molecular formula is C11H21NO2. The largest absolute Gasteiger partial charge is 0.396 e. The number of aliphatic hydroxyl groups is 1. The van der Waals surface area contributed by atoms with E-state index in [2.05, 4.69) is 4.90 Å². The summed E-state index contributed by atoms with van der Waals surface area (Å²) in [6, 6.07) is 0.683. The van der Waals surface area contributed by atoms with E-state index in [0.29, 0.717) is 18.8 Å². The summed E-state index contributed by atoms with van der Waals surface area (Å²) in [5.74, 6) is 0. The molecule has 2 aliphatic rings. The van der Waals surface area contributed by atoms with Crippen LogP contribution in [-0.2, 0) is 4.74 Å². The van der Waals surface area contributed by atoms with Crippen LogP contribution < -0.4 is 0 Å². The minimum absolute atomic E-state index is 0.332. The predicted octanol–water partition coefficient (Wildman–Crippen LogP) is 1.01. The number of ether oxygens (including phenoxy) is 1. The molecule has 1 saturated carbocycles. The zero-order chi connectivity index (χ0) is 9.80. The van der Waals surface area contributed by atoms with Gasteiger partial charge in [0, 0.05) is 19.2 Å². The van der Waals surface area contributed by atoms with E-state index in [9.17, 15) is 0 Å². The Morgan fingerprint density at radius 1 is 1.29 bits per heavy atom. The lowest BCUT2D eigenvalue weighted by atomic mass is 10.1. The number of morpholine rings is 1. The summed E-state index contributed by atoms with van der Waals surface area (Å²) in [5, 5.41) is 8.74. The summed E-state index contributed by atoms with van der Waals surface area (Å²) in [6.45, 7) is 3.47. The third kappa shape index (κ3) is 2.27. The van der Waals surface area contributed by atoms with Crippen molar-refractivity contribution in [2.75, 3.05) is 26.3 Å². The Labute approximate surface area is 86.0 Å². The third-order valence-electron chi connectivity index (χ3n) is 3.45. The molecule has 0 radical (unpaired) electrons. The molecule has 2 atom stereocenters. The van der Waals surface area contributed by atoms with E-state index in [4.69, 9.17) is 9.84 Å². The van der Waals surface area contributed by atoms with Crippen molar-refractivity contribution in [2.45, 2.75) is 44.2 Å². The fourth-order valence-electron chi connectivity index (χ4n) is 2.71. The average molecular weight is 199 g/mol. The highest BCUT2D eigenvalue weighted by molar-refractivity contribution is 4.89. The Hall–Kier alpha value is -0.120. The second-order valence-electron chi connectivity index (χ2n) is 4.37. The summed E-state index contributed by atoms with van der Waals surface area (Å²) in [5.41, 5.74) is 0. The van der Waals surface area contributed by atoms with Gasteiger partial charge in [-0.05, 0) is 38.6 Å². The van der Waals surface area contributed by atoms with Gasteiger partial charge in [-0.3, -0.25) is 4.90 Å². The maximum absolute atomic E-state index is 8.74. The van der Waals surface area contributed by atoms with Crippen molar-refractivity contribution < 1.29 is 9.84 Å². The summed E-state index contributed by atoms with van der Waals surface area (Å²) in [7, 11) is 0. The first-order valence-corrected chi connectivity index (χ1v) is 5.88. The van der Waals surface area contributed by atoms with Crippen LogP contribution in [-0.4, -0.2) is 48.5 Å². The van der Waals surface area contributed by atoms with Crippen molar-refractivity contribution >= 4 is 0 Å². The van der Waals surface area contributed by atoms with Gasteiger partial charge in [0.25, 0.3) is 0 Å². The lowest BCUT2D eigenvalue weighted by Crippen LogP contribution is -2.48. The van der Waals surface area contributed by atoms with Crippen molar-refractivity contribution in [1.29, 1.82) is 0 Å². The summed E-state index contributed by atoms with van der Waals surface area (Å²) < 4.78 is 5.75. The number of nitrogens with zero attached hydrogens (tertiary/aromatic N) is 1. The Bertz CT molecular complexity index is 175. The molecule has 1 saturated heterocycles. The van der Waals surface area contributed by atoms with Crippen molar-refractivity contribution in [3.05, 3.63) is 0 Å². The molecule has 2 rings (SSSR count). The highest BCUT2D eigenvalue weighted by atomic mass is 16.5. The molecule has 2 fully saturated rings. The van der Waals surface area contributed by atoms with Gasteiger partial charge in [-0.1, -0.05) is 0 Å². The highest BCUT2D eigenvalue weighted by Gasteiger charge is 2.35. The van der Waals surface area contributed by atoms with Gasteiger partial charge >= 0.3 is 0 Å². The van der Waals surface area contributed by atoms with E-state index >= 15 is 0 Å². The number of rotatable bonds is 4. The van der Waals surface area contributed by atoms with Crippen LogP contribution in [0.2, 0.25) is 0 Å². The molecule has 14 heavy (non-hydrogen) atoms. The van der Waals surface area contributed by atoms with Crippen LogP contribution in [0.5, 0.6) is 0 Å². The molecule has 0 aromatic rings. The molecule has 1 aliphatic heterocycles. The third-order valence-corrected chi connectivity index (χ3v) is 3.45. The summed E-state index contributed by atoms with van der Waals surface area (Å²) in [6.07, 6.45) is 6.46. The number of hydrogen-bond acceptors (Lipinski definition) is 3. The molecule has 82 valence electrons. The molecule has 3 heteroatoms. The zero-order valence-electron chi connectivity index (χ0n) is 8.82. The van der Waals surface area contributed by atoms with Crippen LogP contribution in [0.4, 0.5) is 0 Å². The van der Waals surface area contributed by atoms with E-state index in [0.717, 1.165) is 32.5 Å². The monoisotopic (exact) mass is 199 g/mol. The summed E-state index contributed by atoms with van der Waals surface area (Å²) in [4.78, 5) is 2.57. The van der Waals surface area contributed by atoms with Crippen molar-refractivity contribution in [2.24, 2.45) is 0 Å². The van der Waals surface area contributed by atoms with Crippen LogP contribution in [0.3, 0.4) is 0 Å².